The van der Waals surface area contributed by atoms with E-state index in [4.69, 9.17) is 28.4 Å². The molecule has 4 atom stereocenters. The Hall–Kier alpha value is -4.63. The van der Waals surface area contributed by atoms with Gasteiger partial charge >= 0.3 is 12.3 Å². The number of rotatable bonds is 17. The molecule has 3 heterocycles. The fraction of sp³-hybridized carbons (Fsp3) is 0.467. The molecule has 2 aliphatic rings. The Morgan fingerprint density at radius 3 is 2.33 bits per heavy atom. The van der Waals surface area contributed by atoms with Crippen molar-refractivity contribution in [2.45, 2.75) is 76.2 Å². The Morgan fingerprint density at radius 2 is 1.63 bits per heavy atom. The number of hydrogen-bond donors (Lipinski definition) is 3. The minimum Gasteiger partial charge on any atom is -0.494 e. The molecule has 342 valence electrons. The average molecular weight is 997 g/mol. The number of amides is 1. The molecule has 0 bridgehead atoms. The minimum absolute atomic E-state index is 0.207. The summed E-state index contributed by atoms with van der Waals surface area (Å²) in [6.07, 6.45) is -7.78. The second-order valence-corrected chi connectivity index (χ2v) is 17.4. The molecule has 0 aliphatic carbocycles. The van der Waals surface area contributed by atoms with Crippen molar-refractivity contribution in [1.29, 1.82) is 0 Å². The van der Waals surface area contributed by atoms with Crippen molar-refractivity contribution >= 4 is 34.4 Å². The van der Waals surface area contributed by atoms with Gasteiger partial charge in [0.05, 0.1) is 22.5 Å². The van der Waals surface area contributed by atoms with Crippen LogP contribution in [0.1, 0.15) is 44.9 Å². The van der Waals surface area contributed by atoms with E-state index < -0.39 is 53.8 Å². The molecular formula is C45H53F4IN4O9. The van der Waals surface area contributed by atoms with Gasteiger partial charge in [0.1, 0.15) is 65.0 Å². The van der Waals surface area contributed by atoms with Gasteiger partial charge < -0.3 is 48.9 Å². The van der Waals surface area contributed by atoms with E-state index >= 15 is 4.39 Å². The number of carbonyl (C=O) groups excluding carboxylic acids is 1. The summed E-state index contributed by atoms with van der Waals surface area (Å²) in [5.74, 6) is 1.56. The first-order valence-electron chi connectivity index (χ1n) is 20.7. The molecule has 3 aromatic carbocycles. The molecule has 1 amide bonds. The number of halogens is 5. The zero-order valence-electron chi connectivity index (χ0n) is 35.3. The van der Waals surface area contributed by atoms with Gasteiger partial charge in [-0.1, -0.05) is 12.1 Å². The van der Waals surface area contributed by atoms with Crippen LogP contribution in [0, 0.1) is 9.39 Å². The van der Waals surface area contributed by atoms with Gasteiger partial charge in [-0.3, -0.25) is 4.90 Å². The zero-order chi connectivity index (χ0) is 45.1. The number of alkyl halides is 3. The lowest BCUT2D eigenvalue weighted by Gasteiger charge is -2.37. The quantitative estimate of drug-likeness (QED) is 0.0544. The molecular weight excluding hydrogens is 943 g/mol. The third-order valence-corrected chi connectivity index (χ3v) is 11.0. The van der Waals surface area contributed by atoms with Crippen LogP contribution >= 0.6 is 22.6 Å². The predicted octanol–water partition coefficient (Wildman–Crippen LogP) is 7.63. The summed E-state index contributed by atoms with van der Waals surface area (Å²) in [6.45, 7) is 9.82. The Morgan fingerprint density at radius 1 is 0.905 bits per heavy atom. The number of aliphatic hydroxyl groups excluding tert-OH is 2. The zero-order valence-corrected chi connectivity index (χ0v) is 37.4. The highest BCUT2D eigenvalue weighted by atomic mass is 127. The molecule has 2 aliphatic heterocycles. The summed E-state index contributed by atoms with van der Waals surface area (Å²) in [7, 11) is 0. The number of alkyl carbamates (subject to hydrolysis) is 1. The van der Waals surface area contributed by atoms with Gasteiger partial charge in [-0.05, 0) is 129 Å². The monoisotopic (exact) mass is 996 g/mol. The number of aromatic nitrogens is 1. The number of pyridine rings is 1. The number of aliphatic hydroxyl groups is 2. The lowest BCUT2D eigenvalue weighted by Crippen LogP contribution is -2.56. The van der Waals surface area contributed by atoms with Crippen molar-refractivity contribution in [3.8, 4) is 28.9 Å². The summed E-state index contributed by atoms with van der Waals surface area (Å²) in [6, 6.07) is 21.1. The molecule has 6 rings (SSSR count). The highest BCUT2D eigenvalue weighted by Crippen LogP contribution is 2.32. The summed E-state index contributed by atoms with van der Waals surface area (Å²) in [4.78, 5) is 19.7. The standard InChI is InChI=1S/C45H53F4IN4O9/c1-44(2,3)63-43(57)51-18-17-29-9-16-36(34(50)25-29)61-31-12-10-30(11-13-31)58-24-5-4-19-53-20-22-54(23-21-53)35-15-14-32(26-33(35)46)59-27-37-41(55)42(56)38(28-60-37)62-40-8-6-7-39(52-40)45(47,48)49/h6-16,25-26,37-38,41-42,55-56H,4-5,17-24,27-28H2,1-3H3,(H,51,57)/t37-,38+,41+,42-/m1/s1. The van der Waals surface area contributed by atoms with E-state index in [1.165, 1.54) is 12.1 Å². The molecule has 0 spiro atoms. The van der Waals surface area contributed by atoms with Crippen LogP contribution in [0.3, 0.4) is 0 Å². The van der Waals surface area contributed by atoms with Crippen molar-refractivity contribution in [3.63, 3.8) is 0 Å². The predicted molar refractivity (Wildman–Crippen MR) is 234 cm³/mol. The number of carbonyl (C=O) groups is 1. The first-order valence-corrected chi connectivity index (χ1v) is 21.8. The smallest absolute Gasteiger partial charge is 0.433 e. The van der Waals surface area contributed by atoms with Gasteiger partial charge in [-0.25, -0.2) is 14.2 Å². The van der Waals surface area contributed by atoms with E-state index in [0.29, 0.717) is 44.1 Å². The topological polar surface area (TPSA) is 144 Å². The maximum atomic E-state index is 15.3. The number of piperazine rings is 1. The van der Waals surface area contributed by atoms with Gasteiger partial charge in [0.25, 0.3) is 0 Å². The molecule has 3 N–H and O–H groups in total. The maximum absolute atomic E-state index is 15.3. The molecule has 13 nitrogen and oxygen atoms in total. The molecule has 2 fully saturated rings. The number of unbranched alkanes of at least 4 members (excludes halogenated alkanes) is 1. The van der Waals surface area contributed by atoms with Gasteiger partial charge in [0.15, 0.2) is 6.10 Å². The van der Waals surface area contributed by atoms with Gasteiger partial charge in [0.2, 0.25) is 5.88 Å². The minimum atomic E-state index is -4.67. The normalized spacial score (nSPS) is 19.6. The second-order valence-electron chi connectivity index (χ2n) is 16.2. The van der Waals surface area contributed by atoms with Crippen LogP contribution in [0.2, 0.25) is 0 Å². The third kappa shape index (κ3) is 14.4. The summed E-state index contributed by atoms with van der Waals surface area (Å²) >= 11 is 2.24. The Kier molecular flexibility index (Phi) is 16.6. The van der Waals surface area contributed by atoms with Crippen molar-refractivity contribution in [2.75, 3.05) is 64.0 Å². The number of anilines is 1. The molecule has 4 aromatic rings. The maximum Gasteiger partial charge on any atom is 0.433 e. The third-order valence-electron chi connectivity index (χ3n) is 10.2. The number of nitrogens with zero attached hydrogens (tertiary/aromatic N) is 3. The number of nitrogens with one attached hydrogen (secondary N) is 1. The van der Waals surface area contributed by atoms with Crippen LogP contribution in [0.15, 0.2) is 78.9 Å². The molecule has 1 aromatic heterocycles. The molecule has 18 heteroatoms. The lowest BCUT2D eigenvalue weighted by molar-refractivity contribution is -0.187. The number of benzene rings is 3. The van der Waals surface area contributed by atoms with Crippen LogP contribution in [-0.2, 0) is 22.1 Å². The first-order chi connectivity index (χ1) is 30.0. The van der Waals surface area contributed by atoms with Crippen molar-refractivity contribution in [1.82, 2.24) is 15.2 Å². The fourth-order valence-electron chi connectivity index (χ4n) is 6.89. The highest BCUT2D eigenvalue weighted by molar-refractivity contribution is 14.1. The number of ether oxygens (including phenoxy) is 6. The van der Waals surface area contributed by atoms with Crippen LogP contribution in [0.5, 0.6) is 28.9 Å². The molecule has 2 saturated heterocycles. The highest BCUT2D eigenvalue weighted by Gasteiger charge is 2.41. The van der Waals surface area contributed by atoms with E-state index in [0.717, 1.165) is 65.2 Å². The largest absolute Gasteiger partial charge is 0.494 e. The van der Waals surface area contributed by atoms with Gasteiger partial charge in [-0.15, -0.1) is 0 Å². The van der Waals surface area contributed by atoms with E-state index in [-0.39, 0.29) is 24.8 Å². The van der Waals surface area contributed by atoms with Crippen LogP contribution in [-0.4, -0.2) is 115 Å². The summed E-state index contributed by atoms with van der Waals surface area (Å²) < 4.78 is 89.3. The van der Waals surface area contributed by atoms with Crippen LogP contribution < -0.4 is 29.2 Å². The van der Waals surface area contributed by atoms with Crippen molar-refractivity contribution in [3.05, 3.63) is 99.5 Å². The van der Waals surface area contributed by atoms with Crippen LogP contribution in [0.25, 0.3) is 0 Å². The molecule has 0 saturated carbocycles. The Labute approximate surface area is 377 Å². The summed E-state index contributed by atoms with van der Waals surface area (Å²) in [5, 5.41) is 24.0. The average Bonchev–Trinajstić information content (AvgIpc) is 3.23. The Balaban J connectivity index is 0.844. The molecule has 0 unspecified atom stereocenters. The van der Waals surface area contributed by atoms with E-state index in [1.807, 2.05) is 68.1 Å². The van der Waals surface area contributed by atoms with E-state index in [2.05, 4.69) is 37.8 Å². The van der Waals surface area contributed by atoms with Crippen LogP contribution in [0.4, 0.5) is 28.0 Å². The molecule has 63 heavy (non-hydrogen) atoms. The SMILES string of the molecule is CC(C)(C)OC(=O)NCCc1ccc(Oc2ccc(OCCCCN3CCN(c4ccc(OC[C@H]5OC[C@H](Oc6cccc(C(F)(F)F)n6)[C@@H](O)[C@H]5O)cc4F)CC3)cc2)c(I)c1. The summed E-state index contributed by atoms with van der Waals surface area (Å²) in [5.41, 5.74) is -0.166. The second kappa shape index (κ2) is 21.8. The van der Waals surface area contributed by atoms with Gasteiger partial charge in [-0.2, -0.15) is 13.2 Å². The molecule has 0 radical (unpaired) electrons. The van der Waals surface area contributed by atoms with Crippen molar-refractivity contribution < 1.29 is 61.0 Å². The van der Waals surface area contributed by atoms with E-state index in [1.54, 1.807) is 12.1 Å². The van der Waals surface area contributed by atoms with Crippen molar-refractivity contribution in [2.24, 2.45) is 0 Å². The lowest BCUT2D eigenvalue weighted by atomic mass is 10.0. The fourth-order valence-corrected chi connectivity index (χ4v) is 7.58. The Bertz CT molecular complexity index is 2100. The van der Waals surface area contributed by atoms with E-state index in [9.17, 15) is 28.2 Å². The van der Waals surface area contributed by atoms with Gasteiger partial charge in [0, 0.05) is 44.9 Å². The number of hydrogen-bond acceptors (Lipinski definition) is 12. The first kappa shape index (κ1) is 47.8.